The van der Waals surface area contributed by atoms with Gasteiger partial charge >= 0.3 is 0 Å². The summed E-state index contributed by atoms with van der Waals surface area (Å²) in [6.45, 7) is 2.40. The van der Waals surface area contributed by atoms with Crippen LogP contribution in [0.4, 0.5) is 10.1 Å². The van der Waals surface area contributed by atoms with Gasteiger partial charge < -0.3 is 4.90 Å². The third-order valence-electron chi connectivity index (χ3n) is 4.79. The third kappa shape index (κ3) is 4.19. The van der Waals surface area contributed by atoms with E-state index >= 15 is 0 Å². The molecule has 150 valence electrons. The Morgan fingerprint density at radius 1 is 0.900 bits per heavy atom. The van der Waals surface area contributed by atoms with Crippen molar-refractivity contribution >= 4 is 34.1 Å². The number of hydrogen-bond donors (Lipinski definition) is 0. The molecule has 0 unspecified atom stereocenters. The van der Waals surface area contributed by atoms with Crippen LogP contribution in [0.5, 0.6) is 0 Å². The highest BCUT2D eigenvalue weighted by Crippen LogP contribution is 2.32. The molecule has 0 aliphatic rings. The van der Waals surface area contributed by atoms with Crippen molar-refractivity contribution in [1.29, 1.82) is 0 Å². The van der Waals surface area contributed by atoms with Crippen LogP contribution in [-0.2, 0) is 4.79 Å². The summed E-state index contributed by atoms with van der Waals surface area (Å²) in [5, 5.41) is 11.6. The lowest BCUT2D eigenvalue weighted by Gasteiger charge is -2.21. The SMILES string of the molecule is CCN(C(=O)CSc1nnc(-c2ccccc2)c2ccccc12)c1ccc(F)cc1. The number of aromatic nitrogens is 2. The minimum absolute atomic E-state index is 0.0628. The Hall–Kier alpha value is -3.25. The number of benzene rings is 3. The maximum Gasteiger partial charge on any atom is 0.237 e. The number of carbonyl (C=O) groups is 1. The number of carbonyl (C=O) groups excluding carboxylic acids is 1. The summed E-state index contributed by atoms with van der Waals surface area (Å²) in [5.74, 6) is -0.168. The topological polar surface area (TPSA) is 46.1 Å². The average Bonchev–Trinajstić information content (AvgIpc) is 2.79. The minimum Gasteiger partial charge on any atom is -0.312 e. The molecule has 1 aromatic heterocycles. The summed E-state index contributed by atoms with van der Waals surface area (Å²) < 4.78 is 13.2. The molecule has 0 fully saturated rings. The number of halogens is 1. The van der Waals surface area contributed by atoms with Gasteiger partial charge in [-0.1, -0.05) is 66.4 Å². The average molecular weight is 418 g/mol. The van der Waals surface area contributed by atoms with Gasteiger partial charge in [0, 0.05) is 28.6 Å². The van der Waals surface area contributed by atoms with Crippen LogP contribution < -0.4 is 4.90 Å². The van der Waals surface area contributed by atoms with E-state index in [-0.39, 0.29) is 17.5 Å². The van der Waals surface area contributed by atoms with Crippen LogP contribution in [0, 0.1) is 5.82 Å². The van der Waals surface area contributed by atoms with E-state index in [1.165, 1.54) is 23.9 Å². The zero-order valence-electron chi connectivity index (χ0n) is 16.5. The van der Waals surface area contributed by atoms with E-state index in [0.717, 1.165) is 22.0 Å². The molecule has 4 rings (SSSR count). The molecule has 1 heterocycles. The van der Waals surface area contributed by atoms with Crippen LogP contribution in [0.3, 0.4) is 0 Å². The zero-order valence-corrected chi connectivity index (χ0v) is 17.3. The second-order valence-corrected chi connectivity index (χ2v) is 7.63. The normalized spacial score (nSPS) is 10.9. The van der Waals surface area contributed by atoms with E-state index < -0.39 is 0 Å². The van der Waals surface area contributed by atoms with E-state index in [1.807, 2.05) is 61.5 Å². The number of nitrogens with zero attached hydrogens (tertiary/aromatic N) is 3. The molecule has 0 saturated carbocycles. The fourth-order valence-corrected chi connectivity index (χ4v) is 4.18. The molecule has 0 aliphatic heterocycles. The molecule has 0 spiro atoms. The smallest absolute Gasteiger partial charge is 0.237 e. The Kier molecular flexibility index (Phi) is 6.05. The summed E-state index contributed by atoms with van der Waals surface area (Å²) >= 11 is 1.36. The highest BCUT2D eigenvalue weighted by molar-refractivity contribution is 8.00. The van der Waals surface area contributed by atoms with Gasteiger partial charge in [-0.25, -0.2) is 4.39 Å². The highest BCUT2D eigenvalue weighted by atomic mass is 32.2. The van der Waals surface area contributed by atoms with E-state index in [1.54, 1.807) is 17.0 Å². The number of hydrogen-bond acceptors (Lipinski definition) is 4. The lowest BCUT2D eigenvalue weighted by molar-refractivity contribution is -0.116. The maximum absolute atomic E-state index is 13.2. The Morgan fingerprint density at radius 3 is 2.27 bits per heavy atom. The van der Waals surface area contributed by atoms with Crippen LogP contribution in [0.2, 0.25) is 0 Å². The standard InChI is InChI=1S/C24H20FN3OS/c1-2-28(19-14-12-18(25)13-15-19)22(29)16-30-24-21-11-7-6-10-20(21)23(26-27-24)17-8-4-3-5-9-17/h3-15H,2,16H2,1H3. The zero-order chi connectivity index (χ0) is 20.9. The van der Waals surface area contributed by atoms with Gasteiger partial charge in [0.2, 0.25) is 5.91 Å². The number of rotatable bonds is 6. The van der Waals surface area contributed by atoms with Crippen molar-refractivity contribution < 1.29 is 9.18 Å². The first kappa shape index (κ1) is 20.0. The van der Waals surface area contributed by atoms with Crippen molar-refractivity contribution in [2.45, 2.75) is 11.9 Å². The van der Waals surface area contributed by atoms with Crippen molar-refractivity contribution in [2.75, 3.05) is 17.2 Å². The van der Waals surface area contributed by atoms with Crippen molar-refractivity contribution in [3.63, 3.8) is 0 Å². The van der Waals surface area contributed by atoms with Crippen LogP contribution in [0.1, 0.15) is 6.92 Å². The molecule has 0 N–H and O–H groups in total. The summed E-state index contributed by atoms with van der Waals surface area (Å²) in [5.41, 5.74) is 2.51. The number of amides is 1. The Bertz CT molecular complexity index is 1170. The van der Waals surface area contributed by atoms with Crippen LogP contribution in [-0.4, -0.2) is 28.4 Å². The number of anilines is 1. The highest BCUT2D eigenvalue weighted by Gasteiger charge is 2.17. The second-order valence-electron chi connectivity index (χ2n) is 6.67. The van der Waals surface area contributed by atoms with Gasteiger partial charge in [0.05, 0.1) is 5.75 Å². The van der Waals surface area contributed by atoms with Gasteiger partial charge in [-0.3, -0.25) is 4.79 Å². The quantitative estimate of drug-likeness (QED) is 0.384. The molecule has 30 heavy (non-hydrogen) atoms. The molecule has 6 heteroatoms. The van der Waals surface area contributed by atoms with Gasteiger partial charge in [0.25, 0.3) is 0 Å². The first-order valence-electron chi connectivity index (χ1n) is 9.67. The molecule has 4 aromatic rings. The summed E-state index contributed by atoms with van der Waals surface area (Å²) in [6, 6.07) is 23.8. The molecule has 3 aromatic carbocycles. The van der Waals surface area contributed by atoms with Gasteiger partial charge in [0.1, 0.15) is 16.5 Å². The second kappa shape index (κ2) is 9.05. The van der Waals surface area contributed by atoms with E-state index in [2.05, 4.69) is 10.2 Å². The third-order valence-corrected chi connectivity index (χ3v) is 5.75. The van der Waals surface area contributed by atoms with Gasteiger partial charge in [-0.2, -0.15) is 0 Å². The fraction of sp³-hybridized carbons (Fsp3) is 0.125. The molecular weight excluding hydrogens is 397 g/mol. The minimum atomic E-state index is -0.322. The lowest BCUT2D eigenvalue weighted by Crippen LogP contribution is -2.32. The fourth-order valence-electron chi connectivity index (χ4n) is 3.33. The van der Waals surface area contributed by atoms with Gasteiger partial charge in [-0.05, 0) is 31.2 Å². The van der Waals surface area contributed by atoms with Crippen molar-refractivity contribution in [3.05, 3.63) is 84.7 Å². The van der Waals surface area contributed by atoms with Crippen molar-refractivity contribution in [3.8, 4) is 11.3 Å². The van der Waals surface area contributed by atoms with E-state index in [0.29, 0.717) is 17.3 Å². The number of thioether (sulfide) groups is 1. The Labute approximate surface area is 178 Å². The maximum atomic E-state index is 13.2. The summed E-state index contributed by atoms with van der Waals surface area (Å²) in [4.78, 5) is 14.5. The van der Waals surface area contributed by atoms with Crippen molar-refractivity contribution in [1.82, 2.24) is 10.2 Å². The molecule has 0 radical (unpaired) electrons. The van der Waals surface area contributed by atoms with E-state index in [9.17, 15) is 9.18 Å². The predicted octanol–water partition coefficient (Wildman–Crippen LogP) is 5.58. The molecule has 4 nitrogen and oxygen atoms in total. The molecule has 0 aliphatic carbocycles. The molecule has 0 bridgehead atoms. The number of fused-ring (bicyclic) bond motifs is 1. The van der Waals surface area contributed by atoms with E-state index in [4.69, 9.17) is 0 Å². The van der Waals surface area contributed by atoms with Gasteiger partial charge in [-0.15, -0.1) is 10.2 Å². The Balaban J connectivity index is 1.58. The molecule has 0 saturated heterocycles. The molecule has 0 atom stereocenters. The van der Waals surface area contributed by atoms with Crippen LogP contribution >= 0.6 is 11.8 Å². The first-order valence-corrected chi connectivity index (χ1v) is 10.7. The Morgan fingerprint density at radius 2 is 1.57 bits per heavy atom. The summed E-state index contributed by atoms with van der Waals surface area (Å²) in [7, 11) is 0. The molecular formula is C24H20FN3OS. The lowest BCUT2D eigenvalue weighted by atomic mass is 10.1. The van der Waals surface area contributed by atoms with Gasteiger partial charge in [0.15, 0.2) is 0 Å². The summed E-state index contributed by atoms with van der Waals surface area (Å²) in [6.07, 6.45) is 0. The monoisotopic (exact) mass is 417 g/mol. The largest absolute Gasteiger partial charge is 0.312 e. The van der Waals surface area contributed by atoms with Crippen molar-refractivity contribution in [2.24, 2.45) is 0 Å². The van der Waals surface area contributed by atoms with Crippen LogP contribution in [0.25, 0.3) is 22.0 Å². The first-order chi connectivity index (χ1) is 14.7. The molecule has 1 amide bonds. The predicted molar refractivity (Wildman–Crippen MR) is 120 cm³/mol. The van der Waals surface area contributed by atoms with Crippen LogP contribution in [0.15, 0.2) is 83.9 Å².